The van der Waals surface area contributed by atoms with E-state index >= 15 is 0 Å². The molecule has 21 heavy (non-hydrogen) atoms. The molecule has 0 heterocycles. The second kappa shape index (κ2) is 8.57. The Bertz CT molecular complexity index is 498. The number of halogens is 1. The average Bonchev–Trinajstić information content (AvgIpc) is 2.42. The van der Waals surface area contributed by atoms with E-state index in [4.69, 9.17) is 4.74 Å². The molecule has 0 aromatic heterocycles. The normalized spacial score (nSPS) is 12.9. The molecule has 0 saturated carbocycles. The molecule has 1 aromatic carbocycles. The number of hydrogen-bond acceptors (Lipinski definition) is 3. The van der Waals surface area contributed by atoms with Gasteiger partial charge in [-0.1, -0.05) is 26.8 Å². The van der Waals surface area contributed by atoms with Gasteiger partial charge in [-0.3, -0.25) is 4.79 Å². The van der Waals surface area contributed by atoms with Gasteiger partial charge in [-0.2, -0.15) is 0 Å². The lowest BCUT2D eigenvalue weighted by molar-refractivity contribution is -0.114. The molecule has 1 rings (SSSR count). The third-order valence-electron chi connectivity index (χ3n) is 2.85. The highest BCUT2D eigenvalue weighted by Gasteiger charge is 2.07. The van der Waals surface area contributed by atoms with Crippen LogP contribution in [0.2, 0.25) is 0 Å². The van der Waals surface area contributed by atoms with Crippen molar-refractivity contribution in [3.8, 4) is 5.75 Å². The Balaban J connectivity index is 2.73. The van der Waals surface area contributed by atoms with Gasteiger partial charge in [0.25, 0.3) is 0 Å². The van der Waals surface area contributed by atoms with E-state index in [2.05, 4.69) is 19.2 Å². The molecule has 0 fully saturated rings. The van der Waals surface area contributed by atoms with Gasteiger partial charge in [0.2, 0.25) is 0 Å². The van der Waals surface area contributed by atoms with Crippen LogP contribution < -0.4 is 10.1 Å². The van der Waals surface area contributed by atoms with E-state index in [9.17, 15) is 9.18 Å². The smallest absolute Gasteiger partial charge is 0.155 e. The standard InChI is InChI=1S/C17H24FNO2/c1-5-16(20)7-6-14-8-15(18)10-17(9-14)21-13(4)11-19-12(2)3/h6-10,12-13,19H,5,11H2,1-4H3/b7-6+/t13-/m1/s1. The van der Waals surface area contributed by atoms with Crippen molar-refractivity contribution in [1.29, 1.82) is 0 Å². The second-order valence-electron chi connectivity index (χ2n) is 5.36. The number of carbonyl (C=O) groups excluding carboxylic acids is 1. The zero-order chi connectivity index (χ0) is 15.8. The first-order chi connectivity index (χ1) is 9.90. The van der Waals surface area contributed by atoms with Crippen molar-refractivity contribution in [2.75, 3.05) is 6.54 Å². The Morgan fingerprint density at radius 3 is 2.67 bits per heavy atom. The van der Waals surface area contributed by atoms with Crippen molar-refractivity contribution >= 4 is 11.9 Å². The minimum Gasteiger partial charge on any atom is -0.489 e. The molecule has 1 N–H and O–H groups in total. The number of carbonyl (C=O) groups is 1. The number of ether oxygens (including phenoxy) is 1. The molecule has 0 radical (unpaired) electrons. The van der Waals surface area contributed by atoms with Crippen LogP contribution in [-0.4, -0.2) is 24.5 Å². The van der Waals surface area contributed by atoms with Crippen molar-refractivity contribution in [2.24, 2.45) is 0 Å². The van der Waals surface area contributed by atoms with E-state index < -0.39 is 0 Å². The highest BCUT2D eigenvalue weighted by atomic mass is 19.1. The topological polar surface area (TPSA) is 38.3 Å². The number of ketones is 1. The molecule has 3 nitrogen and oxygen atoms in total. The quantitative estimate of drug-likeness (QED) is 0.744. The summed E-state index contributed by atoms with van der Waals surface area (Å²) in [5.41, 5.74) is 0.621. The molecule has 0 aliphatic rings. The molecule has 0 saturated heterocycles. The molecule has 1 atom stereocenters. The highest BCUT2D eigenvalue weighted by Crippen LogP contribution is 2.19. The zero-order valence-corrected chi connectivity index (χ0v) is 13.2. The summed E-state index contributed by atoms with van der Waals surface area (Å²) >= 11 is 0. The average molecular weight is 293 g/mol. The van der Waals surface area contributed by atoms with E-state index in [-0.39, 0.29) is 17.7 Å². The zero-order valence-electron chi connectivity index (χ0n) is 13.2. The Morgan fingerprint density at radius 1 is 1.33 bits per heavy atom. The van der Waals surface area contributed by atoms with Crippen molar-refractivity contribution in [3.05, 3.63) is 35.7 Å². The summed E-state index contributed by atoms with van der Waals surface area (Å²) in [6, 6.07) is 4.84. The third-order valence-corrected chi connectivity index (χ3v) is 2.85. The number of nitrogens with one attached hydrogen (secondary N) is 1. The van der Waals surface area contributed by atoms with Gasteiger partial charge in [0.15, 0.2) is 5.78 Å². The fourth-order valence-corrected chi connectivity index (χ4v) is 1.73. The van der Waals surface area contributed by atoms with Crippen LogP contribution in [0.4, 0.5) is 4.39 Å². The Morgan fingerprint density at radius 2 is 2.05 bits per heavy atom. The SMILES string of the molecule is CCC(=O)/C=C/c1cc(F)cc(O[C@H](C)CNC(C)C)c1. The van der Waals surface area contributed by atoms with Crippen LogP contribution in [0.25, 0.3) is 6.08 Å². The molecule has 116 valence electrons. The number of benzene rings is 1. The summed E-state index contributed by atoms with van der Waals surface area (Å²) in [6.07, 6.45) is 3.44. The highest BCUT2D eigenvalue weighted by molar-refractivity contribution is 5.93. The van der Waals surface area contributed by atoms with E-state index in [1.165, 1.54) is 18.2 Å². The Hall–Kier alpha value is -1.68. The van der Waals surface area contributed by atoms with Crippen LogP contribution in [0.1, 0.15) is 39.7 Å². The maximum atomic E-state index is 13.6. The van der Waals surface area contributed by atoms with Crippen LogP contribution in [0.3, 0.4) is 0 Å². The first kappa shape index (κ1) is 17.4. The predicted molar refractivity (Wildman–Crippen MR) is 84.0 cm³/mol. The summed E-state index contributed by atoms with van der Waals surface area (Å²) < 4.78 is 19.3. The lowest BCUT2D eigenvalue weighted by atomic mass is 10.1. The van der Waals surface area contributed by atoms with Crippen molar-refractivity contribution in [1.82, 2.24) is 5.32 Å². The van der Waals surface area contributed by atoms with E-state index in [0.29, 0.717) is 30.3 Å². The summed E-state index contributed by atoms with van der Waals surface area (Å²) in [4.78, 5) is 11.3. The van der Waals surface area contributed by atoms with Gasteiger partial charge in [-0.05, 0) is 30.7 Å². The maximum Gasteiger partial charge on any atom is 0.155 e. The van der Waals surface area contributed by atoms with Gasteiger partial charge in [-0.15, -0.1) is 0 Å². The van der Waals surface area contributed by atoms with Gasteiger partial charge in [-0.25, -0.2) is 4.39 Å². The fraction of sp³-hybridized carbons (Fsp3) is 0.471. The largest absolute Gasteiger partial charge is 0.489 e. The molecular weight excluding hydrogens is 269 g/mol. The maximum absolute atomic E-state index is 13.6. The van der Waals surface area contributed by atoms with Crippen LogP contribution in [0.5, 0.6) is 5.75 Å². The second-order valence-corrected chi connectivity index (χ2v) is 5.36. The third kappa shape index (κ3) is 7.04. The van der Waals surface area contributed by atoms with Gasteiger partial charge < -0.3 is 10.1 Å². The molecule has 0 bridgehead atoms. The Kier molecular flexibility index (Phi) is 7.09. The summed E-state index contributed by atoms with van der Waals surface area (Å²) in [5, 5.41) is 3.27. The van der Waals surface area contributed by atoms with Gasteiger partial charge in [0.05, 0.1) is 0 Å². The number of hydrogen-bond donors (Lipinski definition) is 1. The lowest BCUT2D eigenvalue weighted by Gasteiger charge is -2.17. The number of rotatable bonds is 8. The molecule has 0 aliphatic heterocycles. The van der Waals surface area contributed by atoms with E-state index in [1.54, 1.807) is 19.1 Å². The van der Waals surface area contributed by atoms with Crippen molar-refractivity contribution in [3.63, 3.8) is 0 Å². The predicted octanol–water partition coefficient (Wildman–Crippen LogP) is 3.58. The van der Waals surface area contributed by atoms with Crippen LogP contribution in [0.15, 0.2) is 24.3 Å². The minimum absolute atomic E-state index is 0.0104. The van der Waals surface area contributed by atoms with Crippen LogP contribution in [0, 0.1) is 5.82 Å². The molecular formula is C17H24FNO2. The summed E-state index contributed by atoms with van der Waals surface area (Å²) in [5.74, 6) is 0.105. The molecule has 4 heteroatoms. The summed E-state index contributed by atoms with van der Waals surface area (Å²) in [6.45, 7) is 8.52. The van der Waals surface area contributed by atoms with Crippen molar-refractivity contribution in [2.45, 2.75) is 46.3 Å². The van der Waals surface area contributed by atoms with Gasteiger partial charge >= 0.3 is 0 Å². The van der Waals surface area contributed by atoms with Crippen LogP contribution in [-0.2, 0) is 4.79 Å². The lowest BCUT2D eigenvalue weighted by Crippen LogP contribution is -2.33. The molecule has 1 aromatic rings. The van der Waals surface area contributed by atoms with Gasteiger partial charge in [0.1, 0.15) is 17.7 Å². The number of allylic oxidation sites excluding steroid dienone is 1. The summed E-state index contributed by atoms with van der Waals surface area (Å²) in [7, 11) is 0. The van der Waals surface area contributed by atoms with Gasteiger partial charge in [0, 0.05) is 25.1 Å². The molecule has 0 aliphatic carbocycles. The monoisotopic (exact) mass is 293 g/mol. The van der Waals surface area contributed by atoms with E-state index in [0.717, 1.165) is 0 Å². The minimum atomic E-state index is -0.375. The first-order valence-electron chi connectivity index (χ1n) is 7.32. The molecule has 0 amide bonds. The van der Waals surface area contributed by atoms with Crippen molar-refractivity contribution < 1.29 is 13.9 Å². The molecule has 0 spiro atoms. The van der Waals surface area contributed by atoms with E-state index in [1.807, 2.05) is 6.92 Å². The first-order valence-corrected chi connectivity index (χ1v) is 7.32. The fourth-order valence-electron chi connectivity index (χ4n) is 1.73. The van der Waals surface area contributed by atoms with Crippen LogP contribution >= 0.6 is 0 Å². The molecule has 0 unspecified atom stereocenters. The Labute approximate surface area is 126 Å².